The standard InChI is InChI=1S/C17H10ClF3N4O/c18-11-8-10(2-3-12(11)20)23-16(26)15-5-6-22-17(25-15)24-14-4-1-9(19)7-13(14)21/h1-8H,(H,23,26)(H,22,24,25). The second-order valence-electron chi connectivity index (χ2n) is 5.10. The normalized spacial score (nSPS) is 10.5. The van der Waals surface area contributed by atoms with E-state index in [0.29, 0.717) is 6.07 Å². The average molecular weight is 379 g/mol. The lowest BCUT2D eigenvalue weighted by Crippen LogP contribution is -2.15. The highest BCUT2D eigenvalue weighted by atomic mass is 35.5. The second kappa shape index (κ2) is 7.40. The number of benzene rings is 2. The van der Waals surface area contributed by atoms with Crippen molar-refractivity contribution >= 4 is 34.8 Å². The Bertz CT molecular complexity index is 984. The summed E-state index contributed by atoms with van der Waals surface area (Å²) in [5.41, 5.74) is 0.207. The predicted octanol–water partition coefficient (Wildman–Crippen LogP) is 4.54. The lowest BCUT2D eigenvalue weighted by atomic mass is 10.3. The van der Waals surface area contributed by atoms with Gasteiger partial charge in [-0.25, -0.2) is 23.1 Å². The maximum atomic E-state index is 13.7. The van der Waals surface area contributed by atoms with Crippen LogP contribution >= 0.6 is 11.6 Å². The molecule has 0 unspecified atom stereocenters. The van der Waals surface area contributed by atoms with E-state index in [1.54, 1.807) is 0 Å². The van der Waals surface area contributed by atoms with E-state index in [9.17, 15) is 18.0 Å². The summed E-state index contributed by atoms with van der Waals surface area (Å²) in [7, 11) is 0. The third kappa shape index (κ3) is 4.09. The number of carbonyl (C=O) groups excluding carboxylic acids is 1. The van der Waals surface area contributed by atoms with E-state index in [2.05, 4.69) is 20.6 Å². The third-order valence-corrected chi connectivity index (χ3v) is 3.53. The second-order valence-corrected chi connectivity index (χ2v) is 5.50. The molecule has 0 radical (unpaired) electrons. The number of nitrogens with one attached hydrogen (secondary N) is 2. The third-order valence-electron chi connectivity index (χ3n) is 3.24. The minimum Gasteiger partial charge on any atom is -0.322 e. The number of amides is 1. The first-order valence-corrected chi connectivity index (χ1v) is 7.62. The smallest absolute Gasteiger partial charge is 0.274 e. The van der Waals surface area contributed by atoms with Crippen molar-refractivity contribution < 1.29 is 18.0 Å². The number of nitrogens with zero attached hydrogens (tertiary/aromatic N) is 2. The van der Waals surface area contributed by atoms with Gasteiger partial charge in [0, 0.05) is 18.0 Å². The zero-order valence-electron chi connectivity index (χ0n) is 12.9. The predicted molar refractivity (Wildman–Crippen MR) is 91.0 cm³/mol. The molecule has 0 aliphatic carbocycles. The summed E-state index contributed by atoms with van der Waals surface area (Å²) in [5.74, 6) is -2.82. The Balaban J connectivity index is 1.77. The van der Waals surface area contributed by atoms with E-state index in [1.165, 1.54) is 30.5 Å². The molecule has 132 valence electrons. The molecule has 0 bridgehead atoms. The topological polar surface area (TPSA) is 66.9 Å². The number of rotatable bonds is 4. The summed E-state index contributed by atoms with van der Waals surface area (Å²) in [5, 5.41) is 4.93. The molecule has 2 aromatic carbocycles. The van der Waals surface area contributed by atoms with Crippen molar-refractivity contribution in [2.24, 2.45) is 0 Å². The van der Waals surface area contributed by atoms with Crippen molar-refractivity contribution in [3.63, 3.8) is 0 Å². The van der Waals surface area contributed by atoms with Gasteiger partial charge in [-0.3, -0.25) is 4.79 Å². The van der Waals surface area contributed by atoms with Gasteiger partial charge in [0.25, 0.3) is 5.91 Å². The van der Waals surface area contributed by atoms with Crippen LogP contribution in [0.5, 0.6) is 0 Å². The molecule has 0 aliphatic heterocycles. The fourth-order valence-electron chi connectivity index (χ4n) is 2.03. The van der Waals surface area contributed by atoms with Crippen LogP contribution in [0, 0.1) is 17.5 Å². The molecule has 2 N–H and O–H groups in total. The fourth-order valence-corrected chi connectivity index (χ4v) is 2.21. The average Bonchev–Trinajstić information content (AvgIpc) is 2.61. The molecule has 0 aliphatic rings. The molecule has 9 heteroatoms. The lowest BCUT2D eigenvalue weighted by molar-refractivity contribution is 0.102. The van der Waals surface area contributed by atoms with Crippen molar-refractivity contribution in [2.45, 2.75) is 0 Å². The quantitative estimate of drug-likeness (QED) is 0.699. The summed E-state index contributed by atoms with van der Waals surface area (Å²) in [6.07, 6.45) is 1.29. The van der Waals surface area contributed by atoms with Gasteiger partial charge in [-0.1, -0.05) is 11.6 Å². The molecule has 0 saturated heterocycles. The van der Waals surface area contributed by atoms with Crippen LogP contribution in [0.15, 0.2) is 48.7 Å². The van der Waals surface area contributed by atoms with Crippen LogP contribution in [-0.2, 0) is 0 Å². The highest BCUT2D eigenvalue weighted by Crippen LogP contribution is 2.21. The minimum atomic E-state index is -0.829. The maximum Gasteiger partial charge on any atom is 0.274 e. The largest absolute Gasteiger partial charge is 0.322 e. The van der Waals surface area contributed by atoms with Crippen molar-refractivity contribution in [3.05, 3.63) is 76.8 Å². The van der Waals surface area contributed by atoms with E-state index in [-0.39, 0.29) is 28.0 Å². The highest BCUT2D eigenvalue weighted by molar-refractivity contribution is 6.31. The molecule has 26 heavy (non-hydrogen) atoms. The summed E-state index contributed by atoms with van der Waals surface area (Å²) in [6.45, 7) is 0. The molecular weight excluding hydrogens is 369 g/mol. The number of halogens is 4. The summed E-state index contributed by atoms with van der Waals surface area (Å²) >= 11 is 5.66. The molecule has 0 saturated carbocycles. The minimum absolute atomic E-state index is 0.0227. The van der Waals surface area contributed by atoms with Crippen molar-refractivity contribution in [1.29, 1.82) is 0 Å². The Kier molecular flexibility index (Phi) is 5.04. The highest BCUT2D eigenvalue weighted by Gasteiger charge is 2.12. The van der Waals surface area contributed by atoms with E-state index in [4.69, 9.17) is 11.6 Å². The van der Waals surface area contributed by atoms with Gasteiger partial charge >= 0.3 is 0 Å². The fraction of sp³-hybridized carbons (Fsp3) is 0. The van der Waals surface area contributed by atoms with Gasteiger partial charge in [0.15, 0.2) is 0 Å². The van der Waals surface area contributed by atoms with Gasteiger partial charge in [-0.15, -0.1) is 0 Å². The van der Waals surface area contributed by atoms with Crippen LogP contribution in [-0.4, -0.2) is 15.9 Å². The first-order chi connectivity index (χ1) is 12.4. The van der Waals surface area contributed by atoms with Crippen LogP contribution in [0.4, 0.5) is 30.5 Å². The molecular formula is C17H10ClF3N4O. The van der Waals surface area contributed by atoms with E-state index in [1.807, 2.05) is 0 Å². The molecule has 1 heterocycles. The van der Waals surface area contributed by atoms with Crippen LogP contribution < -0.4 is 10.6 Å². The van der Waals surface area contributed by atoms with Crippen LogP contribution in [0.1, 0.15) is 10.5 Å². The Labute approximate surface area is 150 Å². The summed E-state index contributed by atoms with van der Waals surface area (Å²) in [6, 6.07) is 8.00. The first kappa shape index (κ1) is 17.7. The van der Waals surface area contributed by atoms with Crippen LogP contribution in [0.3, 0.4) is 0 Å². The SMILES string of the molecule is O=C(Nc1ccc(F)c(Cl)c1)c1ccnc(Nc2ccc(F)cc2F)n1. The van der Waals surface area contributed by atoms with Gasteiger partial charge in [-0.05, 0) is 36.4 Å². The summed E-state index contributed by atoms with van der Waals surface area (Å²) < 4.78 is 39.8. The molecule has 5 nitrogen and oxygen atoms in total. The molecule has 0 atom stereocenters. The van der Waals surface area contributed by atoms with Crippen LogP contribution in [0.2, 0.25) is 5.02 Å². The van der Waals surface area contributed by atoms with Gasteiger partial charge in [0.05, 0.1) is 10.7 Å². The van der Waals surface area contributed by atoms with Crippen LogP contribution in [0.25, 0.3) is 0 Å². The Morgan fingerprint density at radius 2 is 1.81 bits per heavy atom. The van der Waals surface area contributed by atoms with E-state index >= 15 is 0 Å². The van der Waals surface area contributed by atoms with Crippen molar-refractivity contribution in [1.82, 2.24) is 9.97 Å². The number of aromatic nitrogens is 2. The van der Waals surface area contributed by atoms with Gasteiger partial charge in [0.2, 0.25) is 5.95 Å². The molecule has 3 rings (SSSR count). The Hall–Kier alpha value is -3.13. The Morgan fingerprint density at radius 1 is 1.00 bits per heavy atom. The zero-order valence-corrected chi connectivity index (χ0v) is 13.7. The number of carbonyl (C=O) groups is 1. The van der Waals surface area contributed by atoms with Crippen molar-refractivity contribution in [2.75, 3.05) is 10.6 Å². The first-order valence-electron chi connectivity index (χ1n) is 7.24. The monoisotopic (exact) mass is 378 g/mol. The molecule has 0 fully saturated rings. The number of hydrogen-bond acceptors (Lipinski definition) is 4. The molecule has 1 amide bonds. The Morgan fingerprint density at radius 3 is 2.54 bits per heavy atom. The van der Waals surface area contributed by atoms with E-state index in [0.717, 1.165) is 12.1 Å². The van der Waals surface area contributed by atoms with Gasteiger partial charge in [0.1, 0.15) is 23.1 Å². The van der Waals surface area contributed by atoms with Gasteiger partial charge < -0.3 is 10.6 Å². The van der Waals surface area contributed by atoms with Gasteiger partial charge in [-0.2, -0.15) is 0 Å². The molecule has 1 aromatic heterocycles. The summed E-state index contributed by atoms with van der Waals surface area (Å²) in [4.78, 5) is 20.1. The maximum absolute atomic E-state index is 13.7. The van der Waals surface area contributed by atoms with E-state index < -0.39 is 23.4 Å². The molecule has 3 aromatic rings. The lowest BCUT2D eigenvalue weighted by Gasteiger charge is -2.08. The number of hydrogen-bond donors (Lipinski definition) is 2. The zero-order chi connectivity index (χ0) is 18.7. The van der Waals surface area contributed by atoms with Crippen molar-refractivity contribution in [3.8, 4) is 0 Å². The molecule has 0 spiro atoms. The number of anilines is 3.